The lowest BCUT2D eigenvalue weighted by atomic mass is 9.61. The van der Waals surface area contributed by atoms with Gasteiger partial charge >= 0.3 is 5.97 Å². The number of ketones is 1. The Hall–Kier alpha value is -1.67. The Morgan fingerprint density at radius 2 is 1.61 bits per heavy atom. The van der Waals surface area contributed by atoms with Crippen molar-refractivity contribution in [2.75, 3.05) is 47.1 Å². The standard InChI is InChI=1S/C39H72N2O10/c1-13-31-37(8,21-32(40)43)29(22-41-15-14-17-49-18-16-42)25(4)34(44)23(2)19-38(9,47-11)27(6)24(3)33(26(5)36(46)51-31)30-20-39(10,48-12)35(45)28(7)50-30/h23-31,33,35,41-42,45H,13-22H2,1-12H3,(H2,40,43)/t23-,24-,25-,26-,27-,28+,29-,30-,31-,33?,35+,37+,38-,39-/m1/s1. The zero-order chi connectivity index (χ0) is 38.9. The molecule has 0 aromatic heterocycles. The molecule has 2 rings (SSSR count). The molecular weight excluding hydrogens is 656 g/mol. The van der Waals surface area contributed by atoms with Crippen molar-refractivity contribution in [2.45, 2.75) is 137 Å². The molecule has 2 saturated heterocycles. The number of hydrogen-bond acceptors (Lipinski definition) is 11. The van der Waals surface area contributed by atoms with Crippen LogP contribution in [0.15, 0.2) is 0 Å². The summed E-state index contributed by atoms with van der Waals surface area (Å²) in [5.74, 6) is -3.49. The van der Waals surface area contributed by atoms with Crippen molar-refractivity contribution in [3.05, 3.63) is 0 Å². The van der Waals surface area contributed by atoms with Gasteiger partial charge in [-0.2, -0.15) is 0 Å². The van der Waals surface area contributed by atoms with Gasteiger partial charge < -0.3 is 44.9 Å². The van der Waals surface area contributed by atoms with Crippen LogP contribution in [0.3, 0.4) is 0 Å². The number of cyclic esters (lactones) is 1. The van der Waals surface area contributed by atoms with Gasteiger partial charge in [0.05, 0.1) is 42.5 Å². The Morgan fingerprint density at radius 3 is 2.16 bits per heavy atom. The number of nitrogens with two attached hydrogens (primary N) is 1. The van der Waals surface area contributed by atoms with Gasteiger partial charge in [0.2, 0.25) is 5.91 Å². The van der Waals surface area contributed by atoms with Gasteiger partial charge in [0.1, 0.15) is 18.0 Å². The van der Waals surface area contributed by atoms with Crippen molar-refractivity contribution in [2.24, 2.45) is 52.6 Å². The van der Waals surface area contributed by atoms with Crippen LogP contribution in [0.2, 0.25) is 0 Å². The minimum atomic E-state index is -0.983. The number of primary amides is 1. The summed E-state index contributed by atoms with van der Waals surface area (Å²) in [5, 5.41) is 23.5. The Balaban J connectivity index is 2.72. The summed E-state index contributed by atoms with van der Waals surface area (Å²) in [6, 6.07) is 0. The third-order valence-electron chi connectivity index (χ3n) is 13.0. The second-order valence-electron chi connectivity index (χ2n) is 16.4. The Morgan fingerprint density at radius 1 is 0.980 bits per heavy atom. The van der Waals surface area contributed by atoms with Crippen molar-refractivity contribution < 1.29 is 48.3 Å². The number of amides is 1. The molecular formula is C39H72N2O10. The van der Waals surface area contributed by atoms with Crippen LogP contribution in [-0.4, -0.2) is 111 Å². The largest absolute Gasteiger partial charge is 0.462 e. The number of rotatable bonds is 14. The number of carbonyl (C=O) groups excluding carboxylic acids is 3. The first-order valence-corrected chi connectivity index (χ1v) is 19.1. The lowest BCUT2D eigenvalue weighted by molar-refractivity contribution is -0.236. The average molecular weight is 729 g/mol. The highest BCUT2D eigenvalue weighted by Gasteiger charge is 2.54. The van der Waals surface area contributed by atoms with Crippen molar-refractivity contribution >= 4 is 17.7 Å². The van der Waals surface area contributed by atoms with Crippen molar-refractivity contribution in [1.82, 2.24) is 5.32 Å². The van der Waals surface area contributed by atoms with Crippen LogP contribution in [0.4, 0.5) is 0 Å². The third-order valence-corrected chi connectivity index (χ3v) is 13.0. The van der Waals surface area contributed by atoms with E-state index in [1.165, 1.54) is 0 Å². The minimum Gasteiger partial charge on any atom is -0.462 e. The van der Waals surface area contributed by atoms with Gasteiger partial charge in [-0.1, -0.05) is 48.5 Å². The monoisotopic (exact) mass is 729 g/mol. The van der Waals surface area contributed by atoms with E-state index in [-0.39, 0.29) is 49.1 Å². The molecule has 0 bridgehead atoms. The second-order valence-corrected chi connectivity index (χ2v) is 16.4. The van der Waals surface area contributed by atoms with Gasteiger partial charge in [-0.05, 0) is 70.9 Å². The molecule has 14 atom stereocenters. The second kappa shape index (κ2) is 19.6. The molecule has 12 nitrogen and oxygen atoms in total. The topological polar surface area (TPSA) is 176 Å². The number of nitrogens with one attached hydrogen (secondary N) is 1. The first kappa shape index (κ1) is 45.5. The van der Waals surface area contributed by atoms with Crippen molar-refractivity contribution in [1.29, 1.82) is 0 Å². The molecule has 298 valence electrons. The molecule has 2 aliphatic heterocycles. The molecule has 2 fully saturated rings. The molecule has 51 heavy (non-hydrogen) atoms. The summed E-state index contributed by atoms with van der Waals surface area (Å²) in [4.78, 5) is 41.8. The molecule has 0 saturated carbocycles. The normalized spacial score (nSPS) is 41.9. The Kier molecular flexibility index (Phi) is 17.5. The highest BCUT2D eigenvalue weighted by molar-refractivity contribution is 5.83. The van der Waals surface area contributed by atoms with Crippen LogP contribution >= 0.6 is 0 Å². The number of hydrogen-bond donors (Lipinski definition) is 4. The van der Waals surface area contributed by atoms with Crippen molar-refractivity contribution in [3.63, 3.8) is 0 Å². The van der Waals surface area contributed by atoms with E-state index in [0.29, 0.717) is 45.4 Å². The molecule has 0 radical (unpaired) electrons. The molecule has 1 amide bonds. The van der Waals surface area contributed by atoms with E-state index in [4.69, 9.17) is 34.5 Å². The van der Waals surface area contributed by atoms with E-state index >= 15 is 0 Å². The molecule has 0 spiro atoms. The lowest BCUT2D eigenvalue weighted by Gasteiger charge is -2.51. The summed E-state index contributed by atoms with van der Waals surface area (Å²) in [5.41, 5.74) is 3.30. The van der Waals surface area contributed by atoms with Gasteiger partial charge in [-0.25, -0.2) is 0 Å². The van der Waals surface area contributed by atoms with Crippen LogP contribution in [0, 0.1) is 46.8 Å². The first-order chi connectivity index (χ1) is 23.8. The fourth-order valence-electron chi connectivity index (χ4n) is 9.31. The van der Waals surface area contributed by atoms with Crippen LogP contribution in [0.1, 0.15) is 101 Å². The summed E-state index contributed by atoms with van der Waals surface area (Å²) in [6.45, 7) is 21.2. The van der Waals surface area contributed by atoms with Gasteiger partial charge in [0.25, 0.3) is 0 Å². The molecule has 1 unspecified atom stereocenters. The summed E-state index contributed by atoms with van der Waals surface area (Å²) < 4.78 is 30.6. The number of aliphatic hydroxyl groups is 2. The number of esters is 1. The molecule has 5 N–H and O–H groups in total. The summed E-state index contributed by atoms with van der Waals surface area (Å²) >= 11 is 0. The molecule has 0 aromatic carbocycles. The van der Waals surface area contributed by atoms with Crippen LogP contribution in [0.5, 0.6) is 0 Å². The third kappa shape index (κ3) is 10.7. The van der Waals surface area contributed by atoms with Gasteiger partial charge in [-0.15, -0.1) is 0 Å². The maximum Gasteiger partial charge on any atom is 0.309 e. The number of ether oxygens (including phenoxy) is 5. The van der Waals surface area contributed by atoms with E-state index in [2.05, 4.69) is 19.2 Å². The van der Waals surface area contributed by atoms with E-state index in [0.717, 1.165) is 0 Å². The maximum absolute atomic E-state index is 14.5. The van der Waals surface area contributed by atoms with E-state index < -0.39 is 70.7 Å². The summed E-state index contributed by atoms with van der Waals surface area (Å²) in [6.07, 6.45) is -0.753. The molecule has 2 heterocycles. The van der Waals surface area contributed by atoms with Crippen molar-refractivity contribution in [3.8, 4) is 0 Å². The van der Waals surface area contributed by atoms with Crippen LogP contribution < -0.4 is 11.1 Å². The van der Waals surface area contributed by atoms with Gasteiger partial charge in [-0.3, -0.25) is 14.4 Å². The highest BCUT2D eigenvalue weighted by Crippen LogP contribution is 2.48. The number of methoxy groups -OCH3 is 2. The zero-order valence-corrected chi connectivity index (χ0v) is 33.7. The van der Waals surface area contributed by atoms with Crippen LogP contribution in [-0.2, 0) is 38.1 Å². The highest BCUT2D eigenvalue weighted by atomic mass is 16.6. The molecule has 12 heteroatoms. The number of Topliss-reactive ketones (excluding diaryl/α,β-unsaturated/α-hetero) is 1. The maximum atomic E-state index is 14.5. The number of carbonyl (C=O) groups is 3. The summed E-state index contributed by atoms with van der Waals surface area (Å²) in [7, 11) is 3.25. The van der Waals surface area contributed by atoms with E-state index in [1.54, 1.807) is 14.2 Å². The zero-order valence-electron chi connectivity index (χ0n) is 33.7. The first-order valence-electron chi connectivity index (χ1n) is 19.1. The fraction of sp³-hybridized carbons (Fsp3) is 0.923. The van der Waals surface area contributed by atoms with Gasteiger partial charge in [0, 0.05) is 56.8 Å². The minimum absolute atomic E-state index is 0.0441. The van der Waals surface area contributed by atoms with E-state index in [1.807, 2.05) is 55.4 Å². The average Bonchev–Trinajstić information content (AvgIpc) is 3.08. The van der Waals surface area contributed by atoms with Gasteiger partial charge in [0.15, 0.2) is 0 Å². The quantitative estimate of drug-likeness (QED) is 0.151. The molecule has 0 aliphatic carbocycles. The Bertz CT molecular complexity index is 1130. The predicted molar refractivity (Wildman–Crippen MR) is 196 cm³/mol. The van der Waals surface area contributed by atoms with E-state index in [9.17, 15) is 19.5 Å². The van der Waals surface area contributed by atoms with Crippen LogP contribution in [0.25, 0.3) is 0 Å². The smallest absolute Gasteiger partial charge is 0.309 e. The SMILES string of the molecule is CC[C@H]1OC(=O)[C@H](C)C([C@H]2C[C@@](C)(OC)[C@@H](O)[C@H](C)O2)[C@H](C)[C@@H](C)[C@](C)(OC)C[C@@H](C)C(=O)[C@H](C)[C@@H](CNCCCOCCO)[C@]1(C)CC(N)=O. The fourth-order valence-corrected chi connectivity index (χ4v) is 9.31. The predicted octanol–water partition coefficient (Wildman–Crippen LogP) is 3.91. The number of aliphatic hydroxyl groups excluding tert-OH is 2. The molecule has 2 aliphatic rings. The Labute approximate surface area is 307 Å². The lowest BCUT2D eigenvalue weighted by Crippen LogP contribution is -2.59. The molecule has 0 aromatic rings.